The zero-order valence-corrected chi connectivity index (χ0v) is 17.8. The second kappa shape index (κ2) is 8.38. The lowest BCUT2D eigenvalue weighted by Crippen LogP contribution is -2.12. The molecular weight excluding hydrogens is 466 g/mol. The molecule has 0 saturated heterocycles. The largest absolute Gasteiger partial charge is 0.322 e. The van der Waals surface area contributed by atoms with Gasteiger partial charge in [-0.2, -0.15) is 0 Å². The highest BCUT2D eigenvalue weighted by molar-refractivity contribution is 9.10. The number of halogens is 2. The van der Waals surface area contributed by atoms with Gasteiger partial charge in [0.05, 0.1) is 22.0 Å². The predicted octanol–water partition coefficient (Wildman–Crippen LogP) is 4.61. The molecule has 2 aromatic carbocycles. The maximum atomic E-state index is 12.5. The van der Waals surface area contributed by atoms with Crippen LogP contribution >= 0.6 is 27.5 Å². The van der Waals surface area contributed by atoms with E-state index in [9.17, 15) is 13.2 Å². The third-order valence-electron chi connectivity index (χ3n) is 3.93. The highest BCUT2D eigenvalue weighted by Crippen LogP contribution is 2.24. The van der Waals surface area contributed by atoms with E-state index in [1.54, 1.807) is 55.5 Å². The molecule has 0 aliphatic carbocycles. The van der Waals surface area contributed by atoms with Crippen LogP contribution in [-0.4, -0.2) is 30.3 Å². The lowest BCUT2D eigenvalue weighted by Gasteiger charge is -2.09. The van der Waals surface area contributed by atoms with Gasteiger partial charge in [-0.1, -0.05) is 46.6 Å². The number of aromatic nitrogens is 2. The standard InChI is InChI=1S/C19H15BrClN3O3S/c1-2-28(26,27)18-9-8-17(23-24-18)12-4-3-5-14(10-12)22-19(25)15-11-13(20)6-7-16(15)21/h3-11H,2H2,1H3,(H,22,25). The summed E-state index contributed by atoms with van der Waals surface area (Å²) in [5.41, 5.74) is 2.07. The highest BCUT2D eigenvalue weighted by Gasteiger charge is 2.15. The molecule has 1 amide bonds. The first kappa shape index (κ1) is 20.4. The fraction of sp³-hybridized carbons (Fsp3) is 0.105. The van der Waals surface area contributed by atoms with E-state index in [-0.39, 0.29) is 16.7 Å². The van der Waals surface area contributed by atoms with Gasteiger partial charge >= 0.3 is 0 Å². The number of nitrogens with one attached hydrogen (secondary N) is 1. The fourth-order valence-corrected chi connectivity index (χ4v) is 3.71. The van der Waals surface area contributed by atoms with Gasteiger partial charge in [0.25, 0.3) is 5.91 Å². The Morgan fingerprint density at radius 3 is 2.57 bits per heavy atom. The van der Waals surface area contributed by atoms with Crippen molar-refractivity contribution < 1.29 is 13.2 Å². The summed E-state index contributed by atoms with van der Waals surface area (Å²) in [4.78, 5) is 12.5. The Balaban J connectivity index is 1.84. The zero-order chi connectivity index (χ0) is 20.3. The van der Waals surface area contributed by atoms with Crippen molar-refractivity contribution in [2.75, 3.05) is 11.1 Å². The fourth-order valence-electron chi connectivity index (χ4n) is 2.41. The Bertz CT molecular complexity index is 1140. The van der Waals surface area contributed by atoms with Crippen LogP contribution in [0.25, 0.3) is 11.3 Å². The predicted molar refractivity (Wildman–Crippen MR) is 112 cm³/mol. The van der Waals surface area contributed by atoms with E-state index in [0.29, 0.717) is 27.5 Å². The van der Waals surface area contributed by atoms with Crippen LogP contribution in [-0.2, 0) is 9.84 Å². The lowest BCUT2D eigenvalue weighted by atomic mass is 10.1. The Labute approximate surface area is 176 Å². The number of rotatable bonds is 5. The van der Waals surface area contributed by atoms with Crippen LogP contribution in [0, 0.1) is 0 Å². The van der Waals surface area contributed by atoms with Crippen LogP contribution in [0.4, 0.5) is 5.69 Å². The number of sulfone groups is 1. The SMILES string of the molecule is CCS(=O)(=O)c1ccc(-c2cccc(NC(=O)c3cc(Br)ccc3Cl)c2)nn1. The number of carbonyl (C=O) groups is 1. The summed E-state index contributed by atoms with van der Waals surface area (Å²) >= 11 is 9.42. The summed E-state index contributed by atoms with van der Waals surface area (Å²) in [6.07, 6.45) is 0. The van der Waals surface area contributed by atoms with Crippen LogP contribution in [0.3, 0.4) is 0 Å². The van der Waals surface area contributed by atoms with E-state index in [2.05, 4.69) is 31.4 Å². The molecule has 0 fully saturated rings. The summed E-state index contributed by atoms with van der Waals surface area (Å²) in [7, 11) is -3.41. The molecule has 3 aromatic rings. The highest BCUT2D eigenvalue weighted by atomic mass is 79.9. The lowest BCUT2D eigenvalue weighted by molar-refractivity contribution is 0.102. The zero-order valence-electron chi connectivity index (χ0n) is 14.7. The maximum Gasteiger partial charge on any atom is 0.257 e. The molecule has 0 unspecified atom stereocenters. The Morgan fingerprint density at radius 2 is 1.89 bits per heavy atom. The van der Waals surface area contributed by atoms with Crippen LogP contribution in [0.15, 0.2) is 64.1 Å². The molecule has 1 N–H and O–H groups in total. The third-order valence-corrected chi connectivity index (χ3v) is 6.37. The average Bonchev–Trinajstić information content (AvgIpc) is 2.70. The van der Waals surface area contributed by atoms with E-state index in [1.807, 2.05) is 0 Å². The van der Waals surface area contributed by atoms with Gasteiger partial charge in [-0.25, -0.2) is 8.42 Å². The first-order valence-electron chi connectivity index (χ1n) is 8.23. The average molecular weight is 481 g/mol. The molecule has 0 atom stereocenters. The van der Waals surface area contributed by atoms with Gasteiger partial charge in [0.2, 0.25) is 0 Å². The summed E-state index contributed by atoms with van der Waals surface area (Å²) in [5, 5.41) is 10.9. The summed E-state index contributed by atoms with van der Waals surface area (Å²) in [6, 6.07) is 15.0. The maximum absolute atomic E-state index is 12.5. The van der Waals surface area contributed by atoms with Crippen LogP contribution in [0.2, 0.25) is 5.02 Å². The molecular formula is C19H15BrClN3O3S. The van der Waals surface area contributed by atoms with Crippen molar-refractivity contribution in [2.45, 2.75) is 11.9 Å². The molecule has 0 spiro atoms. The van der Waals surface area contributed by atoms with Crippen LogP contribution in [0.1, 0.15) is 17.3 Å². The first-order valence-corrected chi connectivity index (χ1v) is 11.1. The van der Waals surface area contributed by atoms with E-state index < -0.39 is 9.84 Å². The minimum Gasteiger partial charge on any atom is -0.322 e. The number of hydrogen-bond acceptors (Lipinski definition) is 5. The number of hydrogen-bond donors (Lipinski definition) is 1. The minimum atomic E-state index is -3.41. The number of nitrogens with zero attached hydrogens (tertiary/aromatic N) is 2. The molecule has 1 aromatic heterocycles. The Morgan fingerprint density at radius 1 is 1.11 bits per heavy atom. The molecule has 0 saturated carbocycles. The Hall–Kier alpha value is -2.29. The number of carbonyl (C=O) groups excluding carboxylic acids is 1. The van der Waals surface area contributed by atoms with E-state index in [4.69, 9.17) is 11.6 Å². The quantitative estimate of drug-likeness (QED) is 0.576. The third kappa shape index (κ3) is 4.57. The van der Waals surface area contributed by atoms with Crippen molar-refractivity contribution in [3.05, 3.63) is 69.7 Å². The molecule has 0 aliphatic rings. The summed E-state index contributed by atoms with van der Waals surface area (Å²) < 4.78 is 24.4. The second-order valence-electron chi connectivity index (χ2n) is 5.82. The van der Waals surface area contributed by atoms with E-state index in [1.165, 1.54) is 6.07 Å². The van der Waals surface area contributed by atoms with Crippen molar-refractivity contribution >= 4 is 49.0 Å². The number of anilines is 1. The van der Waals surface area contributed by atoms with Gasteiger partial charge in [0, 0.05) is 15.7 Å². The van der Waals surface area contributed by atoms with Crippen molar-refractivity contribution in [1.29, 1.82) is 0 Å². The monoisotopic (exact) mass is 479 g/mol. The van der Waals surface area contributed by atoms with Gasteiger partial charge in [-0.05, 0) is 42.5 Å². The van der Waals surface area contributed by atoms with Gasteiger partial charge in [-0.3, -0.25) is 4.79 Å². The topological polar surface area (TPSA) is 89.0 Å². The van der Waals surface area contributed by atoms with Gasteiger partial charge < -0.3 is 5.32 Å². The molecule has 0 aliphatic heterocycles. The number of amides is 1. The van der Waals surface area contributed by atoms with Crippen molar-refractivity contribution in [2.24, 2.45) is 0 Å². The minimum absolute atomic E-state index is 0.0410. The van der Waals surface area contributed by atoms with E-state index >= 15 is 0 Å². The molecule has 3 rings (SSSR count). The number of benzene rings is 2. The normalized spacial score (nSPS) is 11.2. The van der Waals surface area contributed by atoms with Gasteiger partial charge in [0.15, 0.2) is 14.9 Å². The van der Waals surface area contributed by atoms with Crippen molar-refractivity contribution in [3.8, 4) is 11.3 Å². The summed E-state index contributed by atoms with van der Waals surface area (Å²) in [6.45, 7) is 1.55. The first-order chi connectivity index (χ1) is 13.3. The molecule has 28 heavy (non-hydrogen) atoms. The van der Waals surface area contributed by atoms with Crippen molar-refractivity contribution in [3.63, 3.8) is 0 Å². The molecule has 144 valence electrons. The van der Waals surface area contributed by atoms with Gasteiger partial charge in [-0.15, -0.1) is 10.2 Å². The molecule has 9 heteroatoms. The molecule has 0 radical (unpaired) electrons. The summed E-state index contributed by atoms with van der Waals surface area (Å²) in [5.74, 6) is -0.389. The molecule has 6 nitrogen and oxygen atoms in total. The second-order valence-corrected chi connectivity index (χ2v) is 9.37. The molecule has 1 heterocycles. The Kier molecular flexibility index (Phi) is 6.12. The van der Waals surface area contributed by atoms with Crippen molar-refractivity contribution in [1.82, 2.24) is 10.2 Å². The smallest absolute Gasteiger partial charge is 0.257 e. The van der Waals surface area contributed by atoms with Gasteiger partial charge in [0.1, 0.15) is 0 Å². The van der Waals surface area contributed by atoms with E-state index in [0.717, 1.165) is 4.47 Å². The van der Waals surface area contributed by atoms with Crippen LogP contribution < -0.4 is 5.32 Å². The van der Waals surface area contributed by atoms with Crippen LogP contribution in [0.5, 0.6) is 0 Å². The molecule has 0 bridgehead atoms.